The van der Waals surface area contributed by atoms with E-state index in [0.29, 0.717) is 12.2 Å². The van der Waals surface area contributed by atoms with Crippen molar-refractivity contribution in [3.05, 3.63) is 70.3 Å². The Morgan fingerprint density at radius 1 is 1.07 bits per heavy atom. The Labute approximate surface area is 171 Å². The number of halogens is 2. The van der Waals surface area contributed by atoms with Crippen LogP contribution in [0.3, 0.4) is 0 Å². The average molecular weight is 414 g/mol. The molecule has 1 saturated heterocycles. The van der Waals surface area contributed by atoms with Crippen molar-refractivity contribution < 1.29 is 27.9 Å². The summed E-state index contributed by atoms with van der Waals surface area (Å²) in [5.41, 5.74) is 1.12. The number of carbonyl (C=O) groups excluding carboxylic acids is 3. The Kier molecular flexibility index (Phi) is 5.59. The molecular weight excluding hydrogens is 394 g/mol. The van der Waals surface area contributed by atoms with Crippen molar-refractivity contribution in [1.82, 2.24) is 10.2 Å². The molecule has 0 aliphatic carbocycles. The van der Waals surface area contributed by atoms with Crippen LogP contribution in [0.2, 0.25) is 0 Å². The van der Waals surface area contributed by atoms with E-state index in [1.54, 1.807) is 0 Å². The van der Waals surface area contributed by atoms with Crippen molar-refractivity contribution >= 4 is 17.7 Å². The highest BCUT2D eigenvalue weighted by Crippen LogP contribution is 2.26. The summed E-state index contributed by atoms with van der Waals surface area (Å²) in [5, 5.41) is 2.66. The number of benzene rings is 2. The van der Waals surface area contributed by atoms with Gasteiger partial charge in [-0.05, 0) is 55.2 Å². The van der Waals surface area contributed by atoms with Crippen molar-refractivity contribution in [1.29, 1.82) is 0 Å². The molecule has 1 fully saturated rings. The molecule has 8 heteroatoms. The van der Waals surface area contributed by atoms with Crippen molar-refractivity contribution in [2.75, 3.05) is 19.7 Å². The molecule has 2 aliphatic rings. The number of amides is 3. The van der Waals surface area contributed by atoms with E-state index in [9.17, 15) is 23.2 Å². The highest BCUT2D eigenvalue weighted by Gasteiger charge is 2.37. The lowest BCUT2D eigenvalue weighted by atomic mass is 10.1. The van der Waals surface area contributed by atoms with Gasteiger partial charge in [-0.15, -0.1) is 0 Å². The Hall–Kier alpha value is -3.13. The largest absolute Gasteiger partial charge is 0.376 e. The first kappa shape index (κ1) is 20.2. The van der Waals surface area contributed by atoms with Gasteiger partial charge in [-0.2, -0.15) is 0 Å². The summed E-state index contributed by atoms with van der Waals surface area (Å²) in [6.45, 7) is 0.995. The van der Waals surface area contributed by atoms with Crippen LogP contribution in [-0.2, 0) is 11.2 Å². The van der Waals surface area contributed by atoms with E-state index in [2.05, 4.69) is 5.32 Å². The van der Waals surface area contributed by atoms with Crippen LogP contribution < -0.4 is 5.32 Å². The standard InChI is InChI=1S/C22H20F2N2O4/c23-15-8-13(9-16(24)11-15)5-6-25-20(27)14-3-4-18-19(10-14)22(29)26(21(18)28)12-17-2-1-7-30-17/h3-4,8-11,17H,1-2,5-7,12H2,(H,25,27). The third kappa shape index (κ3) is 4.09. The molecule has 2 heterocycles. The Balaban J connectivity index is 1.40. The molecule has 6 nitrogen and oxygen atoms in total. The maximum absolute atomic E-state index is 13.2. The van der Waals surface area contributed by atoms with Crippen LogP contribution in [0.25, 0.3) is 0 Å². The summed E-state index contributed by atoms with van der Waals surface area (Å²) in [4.78, 5) is 38.8. The fraction of sp³-hybridized carbons (Fsp3) is 0.318. The Bertz CT molecular complexity index is 998. The van der Waals surface area contributed by atoms with Gasteiger partial charge in [0, 0.05) is 24.8 Å². The number of nitrogens with one attached hydrogen (secondary N) is 1. The first-order valence-electron chi connectivity index (χ1n) is 9.77. The minimum absolute atomic E-state index is 0.150. The van der Waals surface area contributed by atoms with Crippen molar-refractivity contribution in [3.63, 3.8) is 0 Å². The number of hydrogen-bond donors (Lipinski definition) is 1. The SMILES string of the molecule is O=C(NCCc1cc(F)cc(F)c1)c1ccc2c(c1)C(=O)N(CC1CCCO1)C2=O. The number of ether oxygens (including phenoxy) is 1. The summed E-state index contributed by atoms with van der Waals surface area (Å²) in [5.74, 6) is -2.61. The summed E-state index contributed by atoms with van der Waals surface area (Å²) in [6, 6.07) is 7.56. The fourth-order valence-electron chi connectivity index (χ4n) is 3.77. The van der Waals surface area contributed by atoms with E-state index >= 15 is 0 Å². The predicted molar refractivity (Wildman–Crippen MR) is 103 cm³/mol. The van der Waals surface area contributed by atoms with Crippen LogP contribution in [0, 0.1) is 11.6 Å². The minimum atomic E-state index is -0.675. The molecule has 0 saturated carbocycles. The van der Waals surface area contributed by atoms with Gasteiger partial charge in [-0.1, -0.05) is 0 Å². The van der Waals surface area contributed by atoms with Gasteiger partial charge < -0.3 is 10.1 Å². The molecule has 4 rings (SSSR count). The Morgan fingerprint density at radius 2 is 1.80 bits per heavy atom. The van der Waals surface area contributed by atoms with E-state index in [-0.39, 0.29) is 48.2 Å². The molecule has 0 aromatic heterocycles. The van der Waals surface area contributed by atoms with E-state index in [4.69, 9.17) is 4.74 Å². The van der Waals surface area contributed by atoms with Gasteiger partial charge in [0.25, 0.3) is 17.7 Å². The smallest absolute Gasteiger partial charge is 0.261 e. The van der Waals surface area contributed by atoms with Crippen LogP contribution in [0.5, 0.6) is 0 Å². The normalized spacial score (nSPS) is 18.1. The first-order chi connectivity index (χ1) is 14.4. The molecule has 0 bridgehead atoms. The van der Waals surface area contributed by atoms with Crippen LogP contribution >= 0.6 is 0 Å². The van der Waals surface area contributed by atoms with Crippen LogP contribution in [0.1, 0.15) is 49.5 Å². The van der Waals surface area contributed by atoms with Gasteiger partial charge >= 0.3 is 0 Å². The van der Waals surface area contributed by atoms with Gasteiger partial charge in [0.1, 0.15) is 11.6 Å². The molecule has 0 spiro atoms. The molecule has 2 aliphatic heterocycles. The second-order valence-electron chi connectivity index (χ2n) is 7.40. The zero-order chi connectivity index (χ0) is 21.3. The Morgan fingerprint density at radius 3 is 2.50 bits per heavy atom. The summed E-state index contributed by atoms with van der Waals surface area (Å²) in [7, 11) is 0. The van der Waals surface area contributed by atoms with Gasteiger partial charge in [-0.3, -0.25) is 19.3 Å². The quantitative estimate of drug-likeness (QED) is 0.738. The third-order valence-corrected chi connectivity index (χ3v) is 5.26. The summed E-state index contributed by atoms with van der Waals surface area (Å²) < 4.78 is 32.0. The molecule has 0 radical (unpaired) electrons. The fourth-order valence-corrected chi connectivity index (χ4v) is 3.77. The van der Waals surface area contributed by atoms with E-state index in [1.807, 2.05) is 0 Å². The molecular formula is C22H20F2N2O4. The highest BCUT2D eigenvalue weighted by atomic mass is 19.1. The lowest BCUT2D eigenvalue weighted by Crippen LogP contribution is -2.36. The molecule has 3 amide bonds. The van der Waals surface area contributed by atoms with Crippen molar-refractivity contribution in [2.24, 2.45) is 0 Å². The minimum Gasteiger partial charge on any atom is -0.376 e. The van der Waals surface area contributed by atoms with Crippen molar-refractivity contribution in [2.45, 2.75) is 25.4 Å². The maximum atomic E-state index is 13.2. The van der Waals surface area contributed by atoms with Gasteiger partial charge in [0.15, 0.2) is 0 Å². The molecule has 1 unspecified atom stereocenters. The number of carbonyl (C=O) groups is 3. The average Bonchev–Trinajstić information content (AvgIpc) is 3.30. The van der Waals surface area contributed by atoms with Gasteiger partial charge in [0.05, 0.1) is 23.8 Å². The van der Waals surface area contributed by atoms with Gasteiger partial charge in [-0.25, -0.2) is 8.78 Å². The monoisotopic (exact) mass is 414 g/mol. The maximum Gasteiger partial charge on any atom is 0.261 e. The number of imide groups is 1. The zero-order valence-electron chi connectivity index (χ0n) is 16.1. The van der Waals surface area contributed by atoms with Crippen molar-refractivity contribution in [3.8, 4) is 0 Å². The number of fused-ring (bicyclic) bond motifs is 1. The topological polar surface area (TPSA) is 75.7 Å². The van der Waals surface area contributed by atoms with Crippen LogP contribution in [0.15, 0.2) is 36.4 Å². The molecule has 2 aromatic carbocycles. The molecule has 156 valence electrons. The van der Waals surface area contributed by atoms with Gasteiger partial charge in [0.2, 0.25) is 0 Å². The zero-order valence-corrected chi connectivity index (χ0v) is 16.1. The van der Waals surface area contributed by atoms with Crippen LogP contribution in [-0.4, -0.2) is 48.4 Å². The second kappa shape index (κ2) is 8.31. The number of rotatable bonds is 6. The summed E-state index contributed by atoms with van der Waals surface area (Å²) in [6.07, 6.45) is 1.80. The lowest BCUT2D eigenvalue weighted by molar-refractivity contribution is 0.0475. The molecule has 2 aromatic rings. The molecule has 1 atom stereocenters. The van der Waals surface area contributed by atoms with E-state index < -0.39 is 23.4 Å². The predicted octanol–water partition coefficient (Wildman–Crippen LogP) is 2.71. The van der Waals surface area contributed by atoms with E-state index in [1.165, 1.54) is 35.2 Å². The third-order valence-electron chi connectivity index (χ3n) is 5.26. The number of hydrogen-bond acceptors (Lipinski definition) is 4. The highest BCUT2D eigenvalue weighted by molar-refractivity contribution is 6.22. The lowest BCUT2D eigenvalue weighted by Gasteiger charge is -2.17. The second-order valence-corrected chi connectivity index (χ2v) is 7.40. The molecule has 30 heavy (non-hydrogen) atoms. The first-order valence-corrected chi connectivity index (χ1v) is 9.77. The van der Waals surface area contributed by atoms with E-state index in [0.717, 1.165) is 18.9 Å². The molecule has 1 N–H and O–H groups in total. The van der Waals surface area contributed by atoms with Crippen LogP contribution in [0.4, 0.5) is 8.78 Å². The summed E-state index contributed by atoms with van der Waals surface area (Å²) >= 11 is 0. The number of nitrogens with zero attached hydrogens (tertiary/aromatic N) is 1.